The van der Waals surface area contributed by atoms with Crippen molar-refractivity contribution in [2.45, 2.75) is 31.8 Å². The second kappa shape index (κ2) is 8.34. The molecule has 138 valence electrons. The highest BCUT2D eigenvalue weighted by atomic mass is 16.5. The van der Waals surface area contributed by atoms with Crippen LogP contribution in [0.25, 0.3) is 0 Å². The molecule has 1 amide bonds. The number of amides is 1. The van der Waals surface area contributed by atoms with E-state index in [-0.39, 0.29) is 12.5 Å². The Morgan fingerprint density at radius 2 is 1.96 bits per heavy atom. The summed E-state index contributed by atoms with van der Waals surface area (Å²) in [5.74, 6) is 1.27. The van der Waals surface area contributed by atoms with Crippen LogP contribution in [0, 0.1) is 6.92 Å². The van der Waals surface area contributed by atoms with Crippen LogP contribution in [-0.2, 0) is 0 Å². The molecule has 5 heteroatoms. The van der Waals surface area contributed by atoms with Crippen molar-refractivity contribution >= 4 is 5.91 Å². The van der Waals surface area contributed by atoms with E-state index >= 15 is 0 Å². The Bertz CT molecular complexity index is 735. The van der Waals surface area contributed by atoms with E-state index in [2.05, 4.69) is 10.6 Å². The third-order valence-corrected chi connectivity index (χ3v) is 4.68. The SMILES string of the molecule is Cc1cccc(Oc2ccc(C(=O)NC[C@@]3(O)CCCNCC3)cc2)c1. The van der Waals surface area contributed by atoms with E-state index in [1.165, 1.54) is 0 Å². The second-order valence-electron chi connectivity index (χ2n) is 6.95. The van der Waals surface area contributed by atoms with Gasteiger partial charge in [-0.05, 0) is 81.2 Å². The molecule has 1 saturated heterocycles. The quantitative estimate of drug-likeness (QED) is 0.772. The Morgan fingerprint density at radius 3 is 2.73 bits per heavy atom. The van der Waals surface area contributed by atoms with Gasteiger partial charge in [0.2, 0.25) is 0 Å². The summed E-state index contributed by atoms with van der Waals surface area (Å²) < 4.78 is 5.80. The van der Waals surface area contributed by atoms with Gasteiger partial charge in [0.1, 0.15) is 11.5 Å². The van der Waals surface area contributed by atoms with Gasteiger partial charge in [-0.15, -0.1) is 0 Å². The average Bonchev–Trinajstić information content (AvgIpc) is 2.85. The Balaban J connectivity index is 1.56. The van der Waals surface area contributed by atoms with E-state index in [0.717, 1.165) is 30.8 Å². The Kier molecular flexibility index (Phi) is 5.91. The molecule has 1 fully saturated rings. The topological polar surface area (TPSA) is 70.6 Å². The molecule has 2 aromatic rings. The molecule has 3 N–H and O–H groups in total. The van der Waals surface area contributed by atoms with Crippen LogP contribution in [-0.4, -0.2) is 36.2 Å². The van der Waals surface area contributed by atoms with Crippen LogP contribution in [0.2, 0.25) is 0 Å². The molecule has 0 unspecified atom stereocenters. The fourth-order valence-electron chi connectivity index (χ4n) is 3.13. The first-order valence-corrected chi connectivity index (χ1v) is 9.10. The smallest absolute Gasteiger partial charge is 0.251 e. The van der Waals surface area contributed by atoms with Gasteiger partial charge in [0.15, 0.2) is 0 Å². The standard InChI is InChI=1S/C21H26N2O3/c1-16-4-2-5-19(14-16)26-18-8-6-17(7-9-18)20(24)23-15-21(25)10-3-12-22-13-11-21/h2,4-9,14,22,25H,3,10-13,15H2,1H3,(H,23,24)/t21-/m1/s1. The second-order valence-corrected chi connectivity index (χ2v) is 6.95. The summed E-state index contributed by atoms with van der Waals surface area (Å²) >= 11 is 0. The number of aryl methyl sites for hydroxylation is 1. The third-order valence-electron chi connectivity index (χ3n) is 4.68. The normalized spacial score (nSPS) is 20.2. The number of hydrogen-bond donors (Lipinski definition) is 3. The number of benzene rings is 2. The van der Waals surface area contributed by atoms with Crippen LogP contribution >= 0.6 is 0 Å². The van der Waals surface area contributed by atoms with Gasteiger partial charge in [0.05, 0.1) is 5.60 Å². The van der Waals surface area contributed by atoms with Crippen LogP contribution in [0.5, 0.6) is 11.5 Å². The molecule has 0 bridgehead atoms. The number of carbonyl (C=O) groups excluding carboxylic acids is 1. The van der Waals surface area contributed by atoms with E-state index in [0.29, 0.717) is 24.2 Å². The maximum absolute atomic E-state index is 12.4. The first kappa shape index (κ1) is 18.4. The van der Waals surface area contributed by atoms with Crippen molar-refractivity contribution < 1.29 is 14.6 Å². The molecule has 0 aliphatic carbocycles. The minimum atomic E-state index is -0.826. The largest absolute Gasteiger partial charge is 0.457 e. The van der Waals surface area contributed by atoms with Crippen LogP contribution in [0.3, 0.4) is 0 Å². The fraction of sp³-hybridized carbons (Fsp3) is 0.381. The number of ether oxygens (including phenoxy) is 1. The average molecular weight is 354 g/mol. The van der Waals surface area contributed by atoms with E-state index < -0.39 is 5.60 Å². The fourth-order valence-corrected chi connectivity index (χ4v) is 3.13. The summed E-state index contributed by atoms with van der Waals surface area (Å²) in [6.07, 6.45) is 2.26. The molecule has 0 spiro atoms. The van der Waals surface area contributed by atoms with Gasteiger partial charge in [0.25, 0.3) is 5.91 Å². The summed E-state index contributed by atoms with van der Waals surface area (Å²) in [5.41, 5.74) is 0.856. The van der Waals surface area contributed by atoms with Gasteiger partial charge < -0.3 is 20.5 Å². The number of nitrogens with one attached hydrogen (secondary N) is 2. The molecule has 1 atom stereocenters. The maximum Gasteiger partial charge on any atom is 0.251 e. The molecule has 1 aliphatic heterocycles. The third kappa shape index (κ3) is 5.07. The van der Waals surface area contributed by atoms with Crippen molar-refractivity contribution in [1.29, 1.82) is 0 Å². The zero-order chi connectivity index (χ0) is 18.4. The molecule has 0 radical (unpaired) electrons. The van der Waals surface area contributed by atoms with E-state index in [4.69, 9.17) is 4.74 Å². The zero-order valence-corrected chi connectivity index (χ0v) is 15.1. The lowest BCUT2D eigenvalue weighted by Gasteiger charge is -2.26. The predicted molar refractivity (Wildman–Crippen MR) is 102 cm³/mol. The van der Waals surface area contributed by atoms with Crippen molar-refractivity contribution in [3.05, 3.63) is 59.7 Å². The van der Waals surface area contributed by atoms with Gasteiger partial charge in [0, 0.05) is 12.1 Å². The molecule has 26 heavy (non-hydrogen) atoms. The Morgan fingerprint density at radius 1 is 1.15 bits per heavy atom. The maximum atomic E-state index is 12.4. The van der Waals surface area contributed by atoms with Gasteiger partial charge in [-0.2, -0.15) is 0 Å². The lowest BCUT2D eigenvalue weighted by Crippen LogP contribution is -2.43. The number of hydrogen-bond acceptors (Lipinski definition) is 4. The molecular formula is C21H26N2O3. The lowest BCUT2D eigenvalue weighted by atomic mass is 9.95. The van der Waals surface area contributed by atoms with Crippen LogP contribution in [0.4, 0.5) is 0 Å². The number of carbonyl (C=O) groups is 1. The van der Waals surface area contributed by atoms with Gasteiger partial charge in [-0.25, -0.2) is 0 Å². The summed E-state index contributed by atoms with van der Waals surface area (Å²) in [5, 5.41) is 16.7. The monoisotopic (exact) mass is 354 g/mol. The Hall–Kier alpha value is -2.37. The zero-order valence-electron chi connectivity index (χ0n) is 15.1. The first-order chi connectivity index (χ1) is 12.5. The van der Waals surface area contributed by atoms with Gasteiger partial charge in [-0.1, -0.05) is 12.1 Å². The first-order valence-electron chi connectivity index (χ1n) is 9.10. The van der Waals surface area contributed by atoms with Crippen molar-refractivity contribution in [2.75, 3.05) is 19.6 Å². The van der Waals surface area contributed by atoms with Crippen molar-refractivity contribution in [2.24, 2.45) is 0 Å². The van der Waals surface area contributed by atoms with Crippen molar-refractivity contribution in [3.63, 3.8) is 0 Å². The van der Waals surface area contributed by atoms with Crippen LogP contribution in [0.1, 0.15) is 35.2 Å². The number of aliphatic hydroxyl groups is 1. The molecule has 1 aliphatic rings. The van der Waals surface area contributed by atoms with E-state index in [9.17, 15) is 9.90 Å². The van der Waals surface area contributed by atoms with Crippen molar-refractivity contribution in [1.82, 2.24) is 10.6 Å². The van der Waals surface area contributed by atoms with E-state index in [1.54, 1.807) is 24.3 Å². The molecule has 1 heterocycles. The van der Waals surface area contributed by atoms with Gasteiger partial charge >= 0.3 is 0 Å². The van der Waals surface area contributed by atoms with Crippen molar-refractivity contribution in [3.8, 4) is 11.5 Å². The summed E-state index contributed by atoms with van der Waals surface area (Å²) in [6, 6.07) is 14.8. The Labute approximate surface area is 154 Å². The molecule has 0 aromatic heterocycles. The highest BCUT2D eigenvalue weighted by Gasteiger charge is 2.28. The molecule has 3 rings (SSSR count). The highest BCUT2D eigenvalue weighted by molar-refractivity contribution is 5.94. The van der Waals surface area contributed by atoms with Crippen LogP contribution < -0.4 is 15.4 Å². The molecule has 0 saturated carbocycles. The summed E-state index contributed by atoms with van der Waals surface area (Å²) in [4.78, 5) is 12.4. The highest BCUT2D eigenvalue weighted by Crippen LogP contribution is 2.23. The minimum absolute atomic E-state index is 0.183. The van der Waals surface area contributed by atoms with Gasteiger partial charge in [-0.3, -0.25) is 4.79 Å². The predicted octanol–water partition coefficient (Wildman–Crippen LogP) is 3.02. The molecule has 5 nitrogen and oxygen atoms in total. The molecule has 2 aromatic carbocycles. The number of rotatable bonds is 5. The summed E-state index contributed by atoms with van der Waals surface area (Å²) in [6.45, 7) is 3.98. The summed E-state index contributed by atoms with van der Waals surface area (Å²) in [7, 11) is 0. The van der Waals surface area contributed by atoms with Crippen LogP contribution in [0.15, 0.2) is 48.5 Å². The lowest BCUT2D eigenvalue weighted by molar-refractivity contribution is 0.0276. The minimum Gasteiger partial charge on any atom is -0.457 e. The molecular weight excluding hydrogens is 328 g/mol. The van der Waals surface area contributed by atoms with E-state index in [1.807, 2.05) is 31.2 Å².